The molecule has 1 saturated carbocycles. The summed E-state index contributed by atoms with van der Waals surface area (Å²) in [5.41, 5.74) is 0.475. The van der Waals surface area contributed by atoms with Crippen LogP contribution >= 0.6 is 0 Å². The van der Waals surface area contributed by atoms with Crippen LogP contribution in [-0.4, -0.2) is 49.2 Å². The van der Waals surface area contributed by atoms with Crippen LogP contribution in [0.25, 0.3) is 5.57 Å². The molecule has 0 radical (unpaired) electrons. The summed E-state index contributed by atoms with van der Waals surface area (Å²) in [6.45, 7) is 6.88. The Morgan fingerprint density at radius 3 is 2.58 bits per heavy atom. The van der Waals surface area contributed by atoms with Crippen molar-refractivity contribution in [2.75, 3.05) is 26.3 Å². The summed E-state index contributed by atoms with van der Waals surface area (Å²) in [7, 11) is 0. The standard InChI is InChI=1S/C26H35F3N2O2/c1-18(2)25(11-6-23(17-25)30-22-9-14-33-15-10-22)24(32)31-12-7-19(8-13-31)20-4-3-5-21(16-20)26(27,28)29/h3-5,7,16,18,22-23,30H,6,8-15,17H2,1-2H3/t23?,25-/m0/s1. The minimum absolute atomic E-state index is 0.202. The van der Waals surface area contributed by atoms with Gasteiger partial charge in [0.05, 0.1) is 11.0 Å². The van der Waals surface area contributed by atoms with Gasteiger partial charge in [0, 0.05) is 38.4 Å². The first-order chi connectivity index (χ1) is 15.7. The van der Waals surface area contributed by atoms with E-state index in [1.807, 2.05) is 11.0 Å². The second-order valence-electron chi connectivity index (χ2n) is 10.1. The number of alkyl halides is 3. The van der Waals surface area contributed by atoms with Gasteiger partial charge in [0.25, 0.3) is 0 Å². The Morgan fingerprint density at radius 2 is 1.94 bits per heavy atom. The number of nitrogens with one attached hydrogen (secondary N) is 1. The zero-order valence-corrected chi connectivity index (χ0v) is 19.6. The molecule has 2 aliphatic heterocycles. The highest BCUT2D eigenvalue weighted by atomic mass is 19.4. The Morgan fingerprint density at radius 1 is 1.18 bits per heavy atom. The number of amides is 1. The average molecular weight is 465 g/mol. The van der Waals surface area contributed by atoms with E-state index in [0.717, 1.165) is 57.0 Å². The van der Waals surface area contributed by atoms with Gasteiger partial charge in [0.2, 0.25) is 5.91 Å². The van der Waals surface area contributed by atoms with Crippen molar-refractivity contribution in [2.24, 2.45) is 11.3 Å². The predicted octanol–water partition coefficient (Wildman–Crippen LogP) is 5.28. The van der Waals surface area contributed by atoms with E-state index in [1.165, 1.54) is 12.1 Å². The number of hydrogen-bond donors (Lipinski definition) is 1. The van der Waals surface area contributed by atoms with Crippen LogP contribution in [0.2, 0.25) is 0 Å². The molecule has 1 aromatic carbocycles. The third-order valence-corrected chi connectivity index (χ3v) is 7.83. The summed E-state index contributed by atoms with van der Waals surface area (Å²) in [4.78, 5) is 15.6. The highest BCUT2D eigenvalue weighted by Crippen LogP contribution is 2.46. The molecular weight excluding hydrogens is 429 g/mol. The normalized spacial score (nSPS) is 27.2. The molecule has 4 nitrogen and oxygen atoms in total. The molecule has 33 heavy (non-hydrogen) atoms. The van der Waals surface area contributed by atoms with Gasteiger partial charge in [-0.3, -0.25) is 4.79 Å². The number of rotatable bonds is 5. The molecule has 4 rings (SSSR count). The van der Waals surface area contributed by atoms with Crippen LogP contribution in [0.1, 0.15) is 63.5 Å². The SMILES string of the molecule is CC(C)[C@]1(C(=O)N2CC=C(c3cccc(C(F)(F)F)c3)CC2)CCC(NC2CCOCC2)C1. The van der Waals surface area contributed by atoms with Gasteiger partial charge in [0.15, 0.2) is 0 Å². The maximum absolute atomic E-state index is 13.7. The summed E-state index contributed by atoms with van der Waals surface area (Å²) < 4.78 is 44.7. The molecule has 3 aliphatic rings. The predicted molar refractivity (Wildman–Crippen MR) is 123 cm³/mol. The minimum Gasteiger partial charge on any atom is -0.381 e. The molecule has 7 heteroatoms. The zero-order valence-electron chi connectivity index (χ0n) is 19.6. The van der Waals surface area contributed by atoms with Crippen LogP contribution in [-0.2, 0) is 15.7 Å². The number of benzene rings is 1. The second-order valence-corrected chi connectivity index (χ2v) is 10.1. The number of ether oxygens (including phenoxy) is 1. The highest BCUT2D eigenvalue weighted by molar-refractivity contribution is 5.84. The summed E-state index contributed by atoms with van der Waals surface area (Å²) >= 11 is 0. The molecular formula is C26H35F3N2O2. The molecule has 1 aromatic rings. The smallest absolute Gasteiger partial charge is 0.381 e. The van der Waals surface area contributed by atoms with Gasteiger partial charge in [-0.1, -0.05) is 32.1 Å². The number of carbonyl (C=O) groups is 1. The molecule has 2 atom stereocenters. The lowest BCUT2D eigenvalue weighted by atomic mass is 9.74. The molecule has 0 aromatic heterocycles. The van der Waals surface area contributed by atoms with Gasteiger partial charge in [-0.05, 0) is 67.7 Å². The molecule has 0 bridgehead atoms. The topological polar surface area (TPSA) is 41.6 Å². The lowest BCUT2D eigenvalue weighted by molar-refractivity contribution is -0.144. The van der Waals surface area contributed by atoms with Crippen LogP contribution in [0, 0.1) is 11.3 Å². The van der Waals surface area contributed by atoms with E-state index in [0.29, 0.717) is 37.2 Å². The van der Waals surface area contributed by atoms with E-state index >= 15 is 0 Å². The second kappa shape index (κ2) is 9.79. The van der Waals surface area contributed by atoms with E-state index in [4.69, 9.17) is 4.74 Å². The van der Waals surface area contributed by atoms with Crippen LogP contribution < -0.4 is 5.32 Å². The van der Waals surface area contributed by atoms with Crippen LogP contribution in [0.5, 0.6) is 0 Å². The summed E-state index contributed by atoms with van der Waals surface area (Å²) in [6.07, 6.45) is 2.92. The molecule has 1 unspecified atom stereocenters. The highest BCUT2D eigenvalue weighted by Gasteiger charge is 2.49. The summed E-state index contributed by atoms with van der Waals surface area (Å²) in [5, 5.41) is 3.78. The Labute approximate surface area is 194 Å². The van der Waals surface area contributed by atoms with Crippen LogP contribution in [0.4, 0.5) is 13.2 Å². The molecule has 2 fully saturated rings. The van der Waals surface area contributed by atoms with Crippen molar-refractivity contribution in [3.8, 4) is 0 Å². The third kappa shape index (κ3) is 5.29. The molecule has 1 saturated heterocycles. The first-order valence-corrected chi connectivity index (χ1v) is 12.2. The van der Waals surface area contributed by atoms with Gasteiger partial charge in [-0.2, -0.15) is 13.2 Å². The minimum atomic E-state index is -4.35. The van der Waals surface area contributed by atoms with E-state index < -0.39 is 11.7 Å². The number of hydrogen-bond acceptors (Lipinski definition) is 3. The average Bonchev–Trinajstić information content (AvgIpc) is 3.24. The summed E-state index contributed by atoms with van der Waals surface area (Å²) in [5.74, 6) is 0.438. The quantitative estimate of drug-likeness (QED) is 0.644. The Hall–Kier alpha value is -1.86. The fraction of sp³-hybridized carbons (Fsp3) is 0.654. The van der Waals surface area contributed by atoms with Gasteiger partial charge in [-0.15, -0.1) is 0 Å². The van der Waals surface area contributed by atoms with Gasteiger partial charge < -0.3 is 15.0 Å². The first kappa shape index (κ1) is 24.3. The molecule has 1 aliphatic carbocycles. The van der Waals surface area contributed by atoms with Gasteiger partial charge >= 0.3 is 6.18 Å². The Kier molecular flexibility index (Phi) is 7.20. The van der Waals surface area contributed by atoms with Gasteiger partial charge in [0.1, 0.15) is 0 Å². The van der Waals surface area contributed by atoms with Crippen molar-refractivity contribution in [3.05, 3.63) is 41.5 Å². The zero-order chi connectivity index (χ0) is 23.6. The van der Waals surface area contributed by atoms with Crippen molar-refractivity contribution in [1.82, 2.24) is 10.2 Å². The number of carbonyl (C=O) groups excluding carboxylic acids is 1. The van der Waals surface area contributed by atoms with E-state index in [-0.39, 0.29) is 17.2 Å². The van der Waals surface area contributed by atoms with E-state index in [1.54, 1.807) is 6.07 Å². The summed E-state index contributed by atoms with van der Waals surface area (Å²) in [6, 6.07) is 6.30. The maximum atomic E-state index is 13.7. The monoisotopic (exact) mass is 464 g/mol. The molecule has 1 amide bonds. The molecule has 0 spiro atoms. The van der Waals surface area contributed by atoms with E-state index in [9.17, 15) is 18.0 Å². The van der Waals surface area contributed by atoms with Crippen molar-refractivity contribution in [2.45, 2.75) is 70.6 Å². The molecule has 182 valence electrons. The fourth-order valence-electron chi connectivity index (χ4n) is 5.71. The number of halogens is 3. The van der Waals surface area contributed by atoms with Crippen LogP contribution in [0.3, 0.4) is 0 Å². The Bertz CT molecular complexity index is 877. The van der Waals surface area contributed by atoms with Crippen molar-refractivity contribution < 1.29 is 22.7 Å². The van der Waals surface area contributed by atoms with Crippen molar-refractivity contribution >= 4 is 11.5 Å². The largest absolute Gasteiger partial charge is 0.416 e. The first-order valence-electron chi connectivity index (χ1n) is 12.2. The Balaban J connectivity index is 1.42. The third-order valence-electron chi connectivity index (χ3n) is 7.83. The van der Waals surface area contributed by atoms with Gasteiger partial charge in [-0.25, -0.2) is 0 Å². The lowest BCUT2D eigenvalue weighted by Gasteiger charge is -2.39. The van der Waals surface area contributed by atoms with E-state index in [2.05, 4.69) is 19.2 Å². The lowest BCUT2D eigenvalue weighted by Crippen LogP contribution is -2.48. The fourth-order valence-corrected chi connectivity index (χ4v) is 5.71. The van der Waals surface area contributed by atoms with Crippen LogP contribution in [0.15, 0.2) is 30.3 Å². The van der Waals surface area contributed by atoms with Crippen molar-refractivity contribution in [1.29, 1.82) is 0 Å². The molecule has 1 N–H and O–H groups in total. The maximum Gasteiger partial charge on any atom is 0.416 e. The number of nitrogens with zero attached hydrogens (tertiary/aromatic N) is 1. The molecule has 2 heterocycles. The van der Waals surface area contributed by atoms with Crippen molar-refractivity contribution in [3.63, 3.8) is 0 Å².